The third kappa shape index (κ3) is 4.68. The van der Waals surface area contributed by atoms with Gasteiger partial charge in [0.15, 0.2) is 19.7 Å². The molecule has 12 heteroatoms. The average molecular weight is 480 g/mol. The Bertz CT molecular complexity index is 1260. The molecule has 1 N–H and O–H groups in total. The molecule has 1 aliphatic rings. The van der Waals surface area contributed by atoms with Crippen molar-refractivity contribution in [3.05, 3.63) is 47.5 Å². The predicted octanol–water partition coefficient (Wildman–Crippen LogP) is 2.11. The Morgan fingerprint density at radius 2 is 1.76 bits per heavy atom. The van der Waals surface area contributed by atoms with Gasteiger partial charge in [0.25, 0.3) is 10.0 Å². The summed E-state index contributed by atoms with van der Waals surface area (Å²) in [5.41, 5.74) is 0.172. The fourth-order valence-electron chi connectivity index (χ4n) is 2.96. The Balaban J connectivity index is 1.91. The second-order valence-electron chi connectivity index (χ2n) is 6.50. The number of nitrogens with one attached hydrogen (secondary N) is 1. The molecule has 158 valence electrons. The Morgan fingerprint density at radius 1 is 1.07 bits per heavy atom. The molecule has 0 unspecified atom stereocenters. The molecule has 0 spiro atoms. The monoisotopic (exact) mass is 479 g/mol. The SMILES string of the molecule is COc1ccc(NS(=O)(=O)c2cccc(S(=O)(=O)[C@@H]3CCS(=O)(=O)C3)c2)cc1Cl. The van der Waals surface area contributed by atoms with E-state index >= 15 is 0 Å². The molecule has 1 saturated heterocycles. The molecule has 0 amide bonds. The van der Waals surface area contributed by atoms with Crippen LogP contribution in [0.1, 0.15) is 6.42 Å². The smallest absolute Gasteiger partial charge is 0.261 e. The van der Waals surface area contributed by atoms with Crippen molar-refractivity contribution < 1.29 is 30.0 Å². The van der Waals surface area contributed by atoms with Gasteiger partial charge >= 0.3 is 0 Å². The number of sulfone groups is 2. The number of rotatable bonds is 6. The van der Waals surface area contributed by atoms with E-state index in [1.807, 2.05) is 0 Å². The van der Waals surface area contributed by atoms with Gasteiger partial charge in [-0.3, -0.25) is 4.72 Å². The molecule has 2 aromatic rings. The third-order valence-electron chi connectivity index (χ3n) is 4.48. The molecule has 1 aliphatic heterocycles. The molecule has 0 aliphatic carbocycles. The van der Waals surface area contributed by atoms with E-state index in [1.165, 1.54) is 43.5 Å². The maximum Gasteiger partial charge on any atom is 0.261 e. The van der Waals surface area contributed by atoms with Gasteiger partial charge in [-0.2, -0.15) is 0 Å². The van der Waals surface area contributed by atoms with Crippen molar-refractivity contribution in [1.82, 2.24) is 0 Å². The molecule has 8 nitrogen and oxygen atoms in total. The maximum atomic E-state index is 12.8. The summed E-state index contributed by atoms with van der Waals surface area (Å²) < 4.78 is 81.5. The largest absolute Gasteiger partial charge is 0.495 e. The highest BCUT2D eigenvalue weighted by atomic mass is 35.5. The van der Waals surface area contributed by atoms with Gasteiger partial charge in [-0.25, -0.2) is 25.3 Å². The highest BCUT2D eigenvalue weighted by Gasteiger charge is 2.38. The van der Waals surface area contributed by atoms with E-state index in [1.54, 1.807) is 0 Å². The summed E-state index contributed by atoms with van der Waals surface area (Å²) in [7, 11) is -10.1. The lowest BCUT2D eigenvalue weighted by Crippen LogP contribution is -2.23. The van der Waals surface area contributed by atoms with Gasteiger partial charge < -0.3 is 4.74 Å². The van der Waals surface area contributed by atoms with E-state index < -0.39 is 40.7 Å². The number of benzene rings is 2. The number of hydrogen-bond donors (Lipinski definition) is 1. The van der Waals surface area contributed by atoms with Crippen LogP contribution >= 0.6 is 11.6 Å². The van der Waals surface area contributed by atoms with Crippen molar-refractivity contribution in [1.29, 1.82) is 0 Å². The van der Waals surface area contributed by atoms with Crippen LogP contribution in [0.2, 0.25) is 5.02 Å². The van der Waals surface area contributed by atoms with Crippen LogP contribution in [0.3, 0.4) is 0 Å². The fraction of sp³-hybridized carbons (Fsp3) is 0.294. The molecule has 2 aromatic carbocycles. The third-order valence-corrected chi connectivity index (χ3v) is 10.3. The molecule has 29 heavy (non-hydrogen) atoms. The number of ether oxygens (including phenoxy) is 1. The molecule has 0 bridgehead atoms. The highest BCUT2D eigenvalue weighted by Crippen LogP contribution is 2.30. The molecule has 1 fully saturated rings. The summed E-state index contributed by atoms with van der Waals surface area (Å²) in [6.45, 7) is 0. The van der Waals surface area contributed by atoms with Gasteiger partial charge in [0.1, 0.15) is 5.75 Å². The second kappa shape index (κ2) is 7.78. The first-order chi connectivity index (χ1) is 13.4. The minimum absolute atomic E-state index is 0.00968. The number of anilines is 1. The first-order valence-corrected chi connectivity index (χ1v) is 13.6. The Hall–Kier alpha value is -1.82. The van der Waals surface area contributed by atoms with Crippen molar-refractivity contribution in [3.63, 3.8) is 0 Å². The molecular weight excluding hydrogens is 462 g/mol. The lowest BCUT2D eigenvalue weighted by Gasteiger charge is -2.13. The second-order valence-corrected chi connectivity index (χ2v) is 13.0. The normalized spacial score (nSPS) is 19.0. The minimum Gasteiger partial charge on any atom is -0.495 e. The topological polar surface area (TPSA) is 124 Å². The molecule has 1 heterocycles. The van der Waals surface area contributed by atoms with Crippen molar-refractivity contribution in [2.24, 2.45) is 0 Å². The zero-order valence-corrected chi connectivity index (χ0v) is 18.4. The summed E-state index contributed by atoms with van der Waals surface area (Å²) in [6.07, 6.45) is -0.00968. The summed E-state index contributed by atoms with van der Waals surface area (Å²) >= 11 is 6.00. The molecule has 3 rings (SSSR count). The van der Waals surface area contributed by atoms with E-state index in [9.17, 15) is 25.3 Å². The standard InChI is InChI=1S/C17H18ClNO7S3/c1-26-17-6-5-12(9-16(17)18)19-29(24,25)14-4-2-3-13(10-14)28(22,23)15-7-8-27(20,21)11-15/h2-6,9-10,15,19H,7-8,11H2,1H3/t15-/m1/s1. The molecule has 0 saturated carbocycles. The van der Waals surface area contributed by atoms with E-state index in [4.69, 9.17) is 16.3 Å². The summed E-state index contributed by atoms with van der Waals surface area (Å²) in [4.78, 5) is -0.512. The first kappa shape index (κ1) is 21.9. The number of hydrogen-bond acceptors (Lipinski definition) is 7. The predicted molar refractivity (Wildman–Crippen MR) is 109 cm³/mol. The van der Waals surface area contributed by atoms with E-state index in [2.05, 4.69) is 4.72 Å². The lowest BCUT2D eigenvalue weighted by atomic mass is 10.3. The zero-order chi connectivity index (χ0) is 21.4. The molecular formula is C17H18ClNO7S3. The van der Waals surface area contributed by atoms with Gasteiger partial charge in [0.05, 0.1) is 44.4 Å². The highest BCUT2D eigenvalue weighted by molar-refractivity contribution is 7.96. The van der Waals surface area contributed by atoms with Gasteiger partial charge in [-0.05, 0) is 42.8 Å². The van der Waals surface area contributed by atoms with Gasteiger partial charge in [0, 0.05) is 0 Å². The van der Waals surface area contributed by atoms with Crippen molar-refractivity contribution in [3.8, 4) is 5.75 Å². The first-order valence-electron chi connectivity index (χ1n) is 8.35. The van der Waals surface area contributed by atoms with Crippen LogP contribution < -0.4 is 9.46 Å². The van der Waals surface area contributed by atoms with Gasteiger partial charge in [-0.15, -0.1) is 0 Å². The van der Waals surface area contributed by atoms with E-state index in [-0.39, 0.29) is 32.7 Å². The van der Waals surface area contributed by atoms with Crippen LogP contribution in [0.5, 0.6) is 5.75 Å². The van der Waals surface area contributed by atoms with Crippen LogP contribution in [0, 0.1) is 0 Å². The number of sulfonamides is 1. The minimum atomic E-state index is -4.11. The Labute approximate surface area is 174 Å². The fourth-order valence-corrected chi connectivity index (χ4v) is 8.79. The van der Waals surface area contributed by atoms with Crippen LogP contribution in [-0.2, 0) is 29.7 Å². The summed E-state index contributed by atoms with van der Waals surface area (Å²) in [5, 5.41) is -0.884. The Kier molecular flexibility index (Phi) is 5.87. The Morgan fingerprint density at radius 3 is 2.34 bits per heavy atom. The number of methoxy groups -OCH3 is 1. The average Bonchev–Trinajstić information content (AvgIpc) is 3.02. The van der Waals surface area contributed by atoms with Crippen molar-refractivity contribution in [2.75, 3.05) is 23.3 Å². The van der Waals surface area contributed by atoms with Crippen molar-refractivity contribution in [2.45, 2.75) is 21.5 Å². The van der Waals surface area contributed by atoms with Gasteiger partial charge in [0.2, 0.25) is 0 Å². The van der Waals surface area contributed by atoms with Crippen LogP contribution in [0.15, 0.2) is 52.3 Å². The number of halogens is 1. The van der Waals surface area contributed by atoms with E-state index in [0.29, 0.717) is 5.75 Å². The van der Waals surface area contributed by atoms with Crippen LogP contribution in [-0.4, -0.2) is 49.1 Å². The van der Waals surface area contributed by atoms with Gasteiger partial charge in [-0.1, -0.05) is 17.7 Å². The van der Waals surface area contributed by atoms with Crippen molar-refractivity contribution >= 4 is 47.0 Å². The van der Waals surface area contributed by atoms with E-state index in [0.717, 1.165) is 6.07 Å². The molecule has 1 atom stereocenters. The molecule has 0 radical (unpaired) electrons. The van der Waals surface area contributed by atoms with Crippen LogP contribution in [0.25, 0.3) is 0 Å². The molecule has 0 aromatic heterocycles. The lowest BCUT2D eigenvalue weighted by molar-refractivity contribution is 0.415. The maximum absolute atomic E-state index is 12.8. The summed E-state index contributed by atoms with van der Waals surface area (Å²) in [6, 6.07) is 9.12. The summed E-state index contributed by atoms with van der Waals surface area (Å²) in [5.74, 6) is -0.293. The van der Waals surface area contributed by atoms with Crippen LogP contribution in [0.4, 0.5) is 5.69 Å². The zero-order valence-electron chi connectivity index (χ0n) is 15.2. The quantitative estimate of drug-likeness (QED) is 0.672.